The van der Waals surface area contributed by atoms with E-state index >= 15 is 0 Å². The summed E-state index contributed by atoms with van der Waals surface area (Å²) in [5, 5.41) is 8.54. The van der Waals surface area contributed by atoms with Crippen LogP contribution in [0.4, 0.5) is 5.69 Å². The molecule has 0 aliphatic rings. The Hall–Kier alpha value is -1.47. The minimum absolute atomic E-state index is 0.154. The number of nitrogens with zero attached hydrogens (tertiary/aromatic N) is 2. The first kappa shape index (κ1) is 8.62. The van der Waals surface area contributed by atoms with Crippen LogP contribution in [0.5, 0.6) is 0 Å². The van der Waals surface area contributed by atoms with E-state index in [1.54, 1.807) is 18.2 Å². The summed E-state index contributed by atoms with van der Waals surface area (Å²) < 4.78 is 13.7. The smallest absolute Gasteiger partial charge is 0.192 e. The van der Waals surface area contributed by atoms with Gasteiger partial charge in [-0.1, -0.05) is 6.07 Å². The molecule has 0 bridgehead atoms. The third-order valence-electron chi connectivity index (χ3n) is 1.47. The molecule has 0 heterocycles. The van der Waals surface area contributed by atoms with E-state index in [1.165, 1.54) is 0 Å². The average molecular weight is 178 g/mol. The summed E-state index contributed by atoms with van der Waals surface area (Å²) in [4.78, 5) is 0. The molecule has 0 aliphatic heterocycles. The van der Waals surface area contributed by atoms with Gasteiger partial charge in [0.1, 0.15) is 0 Å². The summed E-state index contributed by atoms with van der Waals surface area (Å²) >= 11 is 0.154. The van der Waals surface area contributed by atoms with Gasteiger partial charge in [-0.3, -0.25) is 0 Å². The van der Waals surface area contributed by atoms with Crippen molar-refractivity contribution < 1.29 is 4.21 Å². The molecule has 0 unspecified atom stereocenters. The molecule has 0 radical (unpaired) electrons. The van der Waals surface area contributed by atoms with Crippen LogP contribution >= 0.6 is 0 Å². The highest BCUT2D eigenvalue weighted by molar-refractivity contribution is 7.54. The van der Waals surface area contributed by atoms with E-state index in [0.29, 0.717) is 11.3 Å². The standard InChI is InChI=1S/C8H6N2OS/c1-6-2-3-7(5-9)4-8(6)10-12-11/h2-4H,1H3. The largest absolute Gasteiger partial charge is 0.205 e. The zero-order valence-corrected chi connectivity index (χ0v) is 7.26. The molecule has 0 N–H and O–H groups in total. The zero-order valence-electron chi connectivity index (χ0n) is 6.44. The van der Waals surface area contributed by atoms with Crippen LogP contribution in [0.2, 0.25) is 0 Å². The van der Waals surface area contributed by atoms with Crippen LogP contribution in [0.15, 0.2) is 22.6 Å². The van der Waals surface area contributed by atoms with Crippen molar-refractivity contribution in [2.24, 2.45) is 4.36 Å². The zero-order chi connectivity index (χ0) is 8.97. The minimum atomic E-state index is 0.154. The normalized spacial score (nSPS) is 8.67. The molecular formula is C8H6N2OS. The number of hydrogen-bond acceptors (Lipinski definition) is 3. The van der Waals surface area contributed by atoms with Crippen molar-refractivity contribution in [1.82, 2.24) is 0 Å². The molecule has 0 aliphatic carbocycles. The highest BCUT2D eigenvalue weighted by Crippen LogP contribution is 2.18. The van der Waals surface area contributed by atoms with Crippen LogP contribution in [0, 0.1) is 18.3 Å². The topological polar surface area (TPSA) is 53.2 Å². The first-order chi connectivity index (χ1) is 5.77. The lowest BCUT2D eigenvalue weighted by molar-refractivity contribution is 0.698. The van der Waals surface area contributed by atoms with Gasteiger partial charge in [0.25, 0.3) is 0 Å². The van der Waals surface area contributed by atoms with E-state index in [4.69, 9.17) is 5.26 Å². The Balaban J connectivity index is 3.28. The summed E-state index contributed by atoms with van der Waals surface area (Å²) in [6.45, 7) is 1.84. The summed E-state index contributed by atoms with van der Waals surface area (Å²) in [7, 11) is 0. The number of nitriles is 1. The Bertz CT molecular complexity index is 389. The minimum Gasteiger partial charge on any atom is -0.192 e. The van der Waals surface area contributed by atoms with Gasteiger partial charge >= 0.3 is 0 Å². The molecule has 0 saturated heterocycles. The number of aryl methyl sites for hydroxylation is 1. The number of hydrogen-bond donors (Lipinski definition) is 0. The van der Waals surface area contributed by atoms with Gasteiger partial charge in [-0.2, -0.15) is 13.8 Å². The van der Waals surface area contributed by atoms with E-state index in [0.717, 1.165) is 5.56 Å². The fraction of sp³-hybridized carbons (Fsp3) is 0.125. The highest BCUT2D eigenvalue weighted by atomic mass is 32.1. The van der Waals surface area contributed by atoms with Crippen molar-refractivity contribution in [3.8, 4) is 6.07 Å². The maximum absolute atomic E-state index is 10.1. The molecule has 1 aromatic carbocycles. The summed E-state index contributed by atoms with van der Waals surface area (Å²) in [6.07, 6.45) is 0. The highest BCUT2D eigenvalue weighted by Gasteiger charge is 1.97. The maximum Gasteiger partial charge on any atom is 0.205 e. The van der Waals surface area contributed by atoms with Gasteiger partial charge in [0.05, 0.1) is 17.3 Å². The lowest BCUT2D eigenvalue weighted by Gasteiger charge is -1.96. The molecule has 3 nitrogen and oxygen atoms in total. The Labute approximate surface area is 73.9 Å². The molecule has 0 fully saturated rings. The Morgan fingerprint density at radius 2 is 2.33 bits per heavy atom. The van der Waals surface area contributed by atoms with Crippen LogP contribution in [-0.4, -0.2) is 4.21 Å². The number of benzene rings is 1. The molecule has 0 spiro atoms. The summed E-state index contributed by atoms with van der Waals surface area (Å²) in [6, 6.07) is 7.05. The monoisotopic (exact) mass is 178 g/mol. The lowest BCUT2D eigenvalue weighted by atomic mass is 10.1. The van der Waals surface area contributed by atoms with Gasteiger partial charge in [0.15, 0.2) is 0 Å². The number of rotatable bonds is 1. The molecule has 0 saturated carbocycles. The van der Waals surface area contributed by atoms with E-state index in [-0.39, 0.29) is 11.5 Å². The lowest BCUT2D eigenvalue weighted by Crippen LogP contribution is -1.76. The van der Waals surface area contributed by atoms with Crippen molar-refractivity contribution in [1.29, 1.82) is 5.26 Å². The molecule has 4 heteroatoms. The molecular weight excluding hydrogens is 172 g/mol. The van der Waals surface area contributed by atoms with Crippen LogP contribution in [-0.2, 0) is 11.5 Å². The maximum atomic E-state index is 10.1. The van der Waals surface area contributed by atoms with E-state index in [9.17, 15) is 4.21 Å². The summed E-state index contributed by atoms with van der Waals surface area (Å²) in [5.74, 6) is 0. The molecule has 1 rings (SSSR count). The van der Waals surface area contributed by atoms with Crippen molar-refractivity contribution in [3.05, 3.63) is 29.3 Å². The van der Waals surface area contributed by atoms with Crippen molar-refractivity contribution in [3.63, 3.8) is 0 Å². The van der Waals surface area contributed by atoms with Gasteiger partial charge in [0, 0.05) is 0 Å². The van der Waals surface area contributed by atoms with Crippen molar-refractivity contribution in [2.45, 2.75) is 6.92 Å². The third kappa shape index (κ3) is 1.77. The molecule has 1 aromatic rings. The van der Waals surface area contributed by atoms with Gasteiger partial charge in [-0.25, -0.2) is 0 Å². The van der Waals surface area contributed by atoms with Crippen LogP contribution in [0.1, 0.15) is 11.1 Å². The predicted molar refractivity (Wildman–Crippen MR) is 46.1 cm³/mol. The van der Waals surface area contributed by atoms with E-state index in [1.807, 2.05) is 13.0 Å². The Morgan fingerprint density at radius 3 is 2.92 bits per heavy atom. The average Bonchev–Trinajstić information content (AvgIpc) is 2.09. The second-order valence-corrected chi connectivity index (χ2v) is 2.61. The van der Waals surface area contributed by atoms with Crippen LogP contribution < -0.4 is 0 Å². The fourth-order valence-corrected chi connectivity index (χ4v) is 1.09. The Kier molecular flexibility index (Phi) is 2.72. The van der Waals surface area contributed by atoms with Crippen LogP contribution in [0.3, 0.4) is 0 Å². The van der Waals surface area contributed by atoms with Gasteiger partial charge in [0.2, 0.25) is 11.5 Å². The molecule has 0 aromatic heterocycles. The van der Waals surface area contributed by atoms with Gasteiger partial charge in [-0.15, -0.1) is 0 Å². The van der Waals surface area contributed by atoms with E-state index in [2.05, 4.69) is 4.36 Å². The second kappa shape index (κ2) is 3.79. The van der Waals surface area contributed by atoms with Crippen LogP contribution in [0.25, 0.3) is 0 Å². The van der Waals surface area contributed by atoms with Crippen molar-refractivity contribution >= 4 is 17.2 Å². The molecule has 0 atom stereocenters. The third-order valence-corrected chi connectivity index (χ3v) is 1.75. The van der Waals surface area contributed by atoms with E-state index < -0.39 is 0 Å². The molecule has 0 amide bonds. The fourth-order valence-electron chi connectivity index (χ4n) is 0.817. The van der Waals surface area contributed by atoms with Gasteiger partial charge in [-0.05, 0) is 24.6 Å². The first-order valence-corrected chi connectivity index (χ1v) is 3.98. The molecule has 60 valence electrons. The van der Waals surface area contributed by atoms with Gasteiger partial charge < -0.3 is 0 Å². The molecule has 12 heavy (non-hydrogen) atoms. The Morgan fingerprint density at radius 1 is 1.58 bits per heavy atom. The van der Waals surface area contributed by atoms with Crippen molar-refractivity contribution in [2.75, 3.05) is 0 Å². The second-order valence-electron chi connectivity index (χ2n) is 2.28. The first-order valence-electron chi connectivity index (χ1n) is 3.28. The SMILES string of the molecule is Cc1ccc(C#N)cc1N=S=O. The predicted octanol–water partition coefficient (Wildman–Crippen LogP) is 1.89. The summed E-state index contributed by atoms with van der Waals surface area (Å²) in [5.41, 5.74) is 2.00. The quantitative estimate of drug-likeness (QED) is 0.659.